The van der Waals surface area contributed by atoms with Crippen molar-refractivity contribution in [2.24, 2.45) is 0 Å². The number of imide groups is 1. The fourth-order valence-corrected chi connectivity index (χ4v) is 1.60. The van der Waals surface area contributed by atoms with Crippen LogP contribution in [0.15, 0.2) is 11.6 Å². The number of nitrogens with zero attached hydrogens (tertiary/aromatic N) is 2. The summed E-state index contributed by atoms with van der Waals surface area (Å²) in [5.41, 5.74) is 0.501. The molecular formula is C9H12N2O3. The topological polar surface area (TPSA) is 49.9 Å². The van der Waals surface area contributed by atoms with E-state index in [1.807, 2.05) is 0 Å². The van der Waals surface area contributed by atoms with Gasteiger partial charge < -0.3 is 4.74 Å². The molecule has 0 aromatic heterocycles. The quantitative estimate of drug-likeness (QED) is 0.533. The molecule has 0 aromatic carbocycles. The fraction of sp³-hybridized carbons (Fsp3) is 0.556. The van der Waals surface area contributed by atoms with Crippen LogP contribution in [0.25, 0.3) is 0 Å². The van der Waals surface area contributed by atoms with Gasteiger partial charge in [0, 0.05) is 24.7 Å². The van der Waals surface area contributed by atoms with Crippen LogP contribution in [0.2, 0.25) is 0 Å². The first-order valence-electron chi connectivity index (χ1n) is 4.59. The second kappa shape index (κ2) is 3.51. The van der Waals surface area contributed by atoms with Crippen molar-refractivity contribution in [3.05, 3.63) is 11.6 Å². The van der Waals surface area contributed by atoms with E-state index in [1.165, 1.54) is 11.1 Å². The van der Waals surface area contributed by atoms with Crippen LogP contribution in [0.4, 0.5) is 0 Å². The lowest BCUT2D eigenvalue weighted by Crippen LogP contribution is -2.51. The van der Waals surface area contributed by atoms with Gasteiger partial charge >= 0.3 is 0 Å². The number of morpholine rings is 1. The molecule has 5 nitrogen and oxygen atoms in total. The van der Waals surface area contributed by atoms with Crippen LogP contribution in [0, 0.1) is 0 Å². The highest BCUT2D eigenvalue weighted by Crippen LogP contribution is 2.15. The SMILES string of the molecule is CC1=CC(=O)N(N2CCOCC2)C1=O. The second-order valence-corrected chi connectivity index (χ2v) is 3.35. The Morgan fingerprint density at radius 3 is 2.43 bits per heavy atom. The molecule has 2 aliphatic rings. The Kier molecular flexibility index (Phi) is 2.35. The van der Waals surface area contributed by atoms with E-state index in [0.29, 0.717) is 31.9 Å². The molecule has 5 heteroatoms. The predicted octanol–water partition coefficient (Wildman–Crippen LogP) is -0.451. The summed E-state index contributed by atoms with van der Waals surface area (Å²) in [6.45, 7) is 3.98. The van der Waals surface area contributed by atoms with Gasteiger partial charge in [-0.2, -0.15) is 0 Å². The molecule has 2 rings (SSSR count). The van der Waals surface area contributed by atoms with Crippen molar-refractivity contribution in [3.63, 3.8) is 0 Å². The monoisotopic (exact) mass is 196 g/mol. The molecule has 1 fully saturated rings. The van der Waals surface area contributed by atoms with Gasteiger partial charge in [0.05, 0.1) is 13.2 Å². The minimum atomic E-state index is -0.241. The van der Waals surface area contributed by atoms with Gasteiger partial charge in [0.25, 0.3) is 11.8 Å². The van der Waals surface area contributed by atoms with Crippen molar-refractivity contribution >= 4 is 11.8 Å². The van der Waals surface area contributed by atoms with Gasteiger partial charge in [0.1, 0.15) is 0 Å². The Bertz CT molecular complexity index is 305. The van der Waals surface area contributed by atoms with Crippen molar-refractivity contribution in [2.75, 3.05) is 26.3 Å². The van der Waals surface area contributed by atoms with Crippen LogP contribution in [0.1, 0.15) is 6.92 Å². The Morgan fingerprint density at radius 1 is 1.29 bits per heavy atom. The number of carbonyl (C=O) groups excluding carboxylic acids is 2. The molecule has 0 bridgehead atoms. The molecule has 1 saturated heterocycles. The largest absolute Gasteiger partial charge is 0.379 e. The van der Waals surface area contributed by atoms with E-state index in [4.69, 9.17) is 4.74 Å². The number of rotatable bonds is 1. The maximum Gasteiger partial charge on any atom is 0.271 e. The zero-order chi connectivity index (χ0) is 10.1. The van der Waals surface area contributed by atoms with E-state index < -0.39 is 0 Å². The third-order valence-corrected chi connectivity index (χ3v) is 2.35. The average Bonchev–Trinajstić information content (AvgIpc) is 2.43. The molecule has 2 heterocycles. The minimum Gasteiger partial charge on any atom is -0.379 e. The van der Waals surface area contributed by atoms with E-state index >= 15 is 0 Å². The number of hydrazine groups is 1. The zero-order valence-electron chi connectivity index (χ0n) is 8.02. The lowest BCUT2D eigenvalue weighted by atomic mass is 10.3. The average molecular weight is 196 g/mol. The van der Waals surface area contributed by atoms with Crippen LogP contribution in [0.3, 0.4) is 0 Å². The fourth-order valence-electron chi connectivity index (χ4n) is 1.60. The number of ether oxygens (including phenoxy) is 1. The van der Waals surface area contributed by atoms with Gasteiger partial charge in [-0.15, -0.1) is 0 Å². The Labute approximate surface area is 81.9 Å². The van der Waals surface area contributed by atoms with Crippen LogP contribution in [-0.4, -0.2) is 48.1 Å². The molecule has 0 N–H and O–H groups in total. The highest BCUT2D eigenvalue weighted by molar-refractivity contribution is 6.15. The number of hydrogen-bond acceptors (Lipinski definition) is 4. The van der Waals surface area contributed by atoms with Crippen LogP contribution < -0.4 is 0 Å². The third kappa shape index (κ3) is 1.44. The summed E-state index contributed by atoms with van der Waals surface area (Å²) in [5, 5.41) is 2.94. The van der Waals surface area contributed by atoms with Crippen LogP contribution in [0.5, 0.6) is 0 Å². The predicted molar refractivity (Wildman–Crippen MR) is 48.0 cm³/mol. The first-order chi connectivity index (χ1) is 6.70. The molecule has 2 amide bonds. The van der Waals surface area contributed by atoms with Gasteiger partial charge in [-0.1, -0.05) is 0 Å². The summed E-state index contributed by atoms with van der Waals surface area (Å²) in [5.74, 6) is -0.452. The number of carbonyl (C=O) groups is 2. The molecule has 0 saturated carbocycles. The molecule has 2 aliphatic heterocycles. The normalized spacial score (nSPS) is 24.4. The van der Waals surface area contributed by atoms with Crippen molar-refractivity contribution in [1.82, 2.24) is 10.0 Å². The van der Waals surface area contributed by atoms with Crippen molar-refractivity contribution in [1.29, 1.82) is 0 Å². The van der Waals surface area contributed by atoms with Crippen molar-refractivity contribution in [2.45, 2.75) is 6.92 Å². The first kappa shape index (κ1) is 9.36. The highest BCUT2D eigenvalue weighted by Gasteiger charge is 2.33. The summed E-state index contributed by atoms with van der Waals surface area (Å²) in [6.07, 6.45) is 1.37. The Morgan fingerprint density at radius 2 is 1.93 bits per heavy atom. The van der Waals surface area contributed by atoms with E-state index in [2.05, 4.69) is 0 Å². The molecule has 0 atom stereocenters. The maximum atomic E-state index is 11.6. The summed E-state index contributed by atoms with van der Waals surface area (Å²) < 4.78 is 5.15. The van der Waals surface area contributed by atoms with Crippen LogP contribution >= 0.6 is 0 Å². The smallest absolute Gasteiger partial charge is 0.271 e. The maximum absolute atomic E-state index is 11.6. The van der Waals surface area contributed by atoms with Crippen molar-refractivity contribution in [3.8, 4) is 0 Å². The van der Waals surface area contributed by atoms with E-state index in [1.54, 1.807) is 11.9 Å². The zero-order valence-corrected chi connectivity index (χ0v) is 8.02. The first-order valence-corrected chi connectivity index (χ1v) is 4.59. The summed E-state index contributed by atoms with van der Waals surface area (Å²) in [6, 6.07) is 0. The van der Waals surface area contributed by atoms with Gasteiger partial charge in [0.2, 0.25) is 0 Å². The van der Waals surface area contributed by atoms with E-state index in [0.717, 1.165) is 0 Å². The number of hydrogen-bond donors (Lipinski definition) is 0. The van der Waals surface area contributed by atoms with Gasteiger partial charge in [-0.3, -0.25) is 9.59 Å². The Hall–Kier alpha value is -1.20. The lowest BCUT2D eigenvalue weighted by Gasteiger charge is -2.32. The molecule has 0 radical (unpaired) electrons. The van der Waals surface area contributed by atoms with E-state index in [9.17, 15) is 9.59 Å². The van der Waals surface area contributed by atoms with Crippen molar-refractivity contribution < 1.29 is 14.3 Å². The lowest BCUT2D eigenvalue weighted by molar-refractivity contribution is -0.162. The third-order valence-electron chi connectivity index (χ3n) is 2.35. The minimum absolute atomic E-state index is 0.211. The van der Waals surface area contributed by atoms with E-state index in [-0.39, 0.29) is 11.8 Å². The molecule has 0 aromatic rings. The number of amides is 2. The molecular weight excluding hydrogens is 184 g/mol. The summed E-state index contributed by atoms with van der Waals surface area (Å²) in [4.78, 5) is 23.0. The summed E-state index contributed by atoms with van der Waals surface area (Å²) >= 11 is 0. The summed E-state index contributed by atoms with van der Waals surface area (Å²) in [7, 11) is 0. The second-order valence-electron chi connectivity index (χ2n) is 3.35. The Balaban J connectivity index is 2.11. The van der Waals surface area contributed by atoms with Crippen LogP contribution in [-0.2, 0) is 14.3 Å². The standard InChI is InChI=1S/C9H12N2O3/c1-7-6-8(12)11(9(7)13)10-2-4-14-5-3-10/h6H,2-5H2,1H3. The van der Waals surface area contributed by atoms with Gasteiger partial charge in [-0.05, 0) is 6.92 Å². The van der Waals surface area contributed by atoms with Gasteiger partial charge in [0.15, 0.2) is 0 Å². The van der Waals surface area contributed by atoms with Gasteiger partial charge in [-0.25, -0.2) is 10.0 Å². The molecule has 0 aliphatic carbocycles. The highest BCUT2D eigenvalue weighted by atomic mass is 16.5. The molecule has 76 valence electrons. The molecule has 14 heavy (non-hydrogen) atoms. The molecule has 0 spiro atoms. The molecule has 0 unspecified atom stereocenters.